The van der Waals surface area contributed by atoms with E-state index in [0.29, 0.717) is 0 Å². The van der Waals surface area contributed by atoms with Gasteiger partial charge in [0.15, 0.2) is 0 Å². The van der Waals surface area contributed by atoms with E-state index in [1.165, 1.54) is 47.1 Å². The fourth-order valence-corrected chi connectivity index (χ4v) is 5.39. The standard InChI is InChI=1S/C19H16F3N3OS2/c20-19(21,22)11-4-3-5-12(8-11)25-15(26)9-27-17-16-13-6-1-2-7-14(13)28-18(16)24-10-23-17/h3-5,8,10H,1-2,6-7,9H2,(H,25,26). The van der Waals surface area contributed by atoms with E-state index in [1.54, 1.807) is 11.3 Å². The lowest BCUT2D eigenvalue weighted by atomic mass is 9.97. The van der Waals surface area contributed by atoms with Crippen LogP contribution in [0.15, 0.2) is 35.6 Å². The van der Waals surface area contributed by atoms with Gasteiger partial charge in [-0.2, -0.15) is 13.2 Å². The van der Waals surface area contributed by atoms with Crippen molar-refractivity contribution in [2.45, 2.75) is 36.9 Å². The van der Waals surface area contributed by atoms with E-state index < -0.39 is 11.7 Å². The topological polar surface area (TPSA) is 54.9 Å². The molecule has 1 N–H and O–H groups in total. The van der Waals surface area contributed by atoms with E-state index in [9.17, 15) is 18.0 Å². The van der Waals surface area contributed by atoms with Crippen LogP contribution in [-0.2, 0) is 23.8 Å². The van der Waals surface area contributed by atoms with Crippen LogP contribution >= 0.6 is 23.1 Å². The van der Waals surface area contributed by atoms with Crippen LogP contribution in [0.4, 0.5) is 18.9 Å². The highest BCUT2D eigenvalue weighted by Gasteiger charge is 2.30. The quantitative estimate of drug-likeness (QED) is 0.456. The number of anilines is 1. The first-order valence-corrected chi connectivity index (χ1v) is 10.6. The first kappa shape index (κ1) is 19.2. The minimum absolute atomic E-state index is 0.0625. The number of aromatic nitrogens is 2. The second-order valence-corrected chi connectivity index (χ2v) is 8.53. The smallest absolute Gasteiger partial charge is 0.325 e. The van der Waals surface area contributed by atoms with E-state index in [4.69, 9.17) is 0 Å². The molecule has 4 rings (SSSR count). The predicted molar refractivity (Wildman–Crippen MR) is 105 cm³/mol. The van der Waals surface area contributed by atoms with Crippen molar-refractivity contribution in [1.82, 2.24) is 9.97 Å². The van der Waals surface area contributed by atoms with Crippen LogP contribution in [0.2, 0.25) is 0 Å². The second kappa shape index (κ2) is 7.71. The largest absolute Gasteiger partial charge is 0.416 e. The Morgan fingerprint density at radius 1 is 1.21 bits per heavy atom. The number of benzene rings is 1. The highest BCUT2D eigenvalue weighted by Crippen LogP contribution is 2.39. The Morgan fingerprint density at radius 3 is 2.86 bits per heavy atom. The van der Waals surface area contributed by atoms with Crippen molar-refractivity contribution >= 4 is 44.9 Å². The first-order valence-electron chi connectivity index (χ1n) is 8.77. The molecule has 0 bridgehead atoms. The van der Waals surface area contributed by atoms with Gasteiger partial charge in [-0.15, -0.1) is 11.3 Å². The number of alkyl halides is 3. The molecular weight excluding hydrogens is 407 g/mol. The van der Waals surface area contributed by atoms with Gasteiger partial charge in [0.05, 0.1) is 11.3 Å². The Hall–Kier alpha value is -2.13. The molecule has 0 spiro atoms. The van der Waals surface area contributed by atoms with Gasteiger partial charge in [0, 0.05) is 16.0 Å². The molecule has 0 aliphatic heterocycles. The van der Waals surface area contributed by atoms with Crippen molar-refractivity contribution < 1.29 is 18.0 Å². The minimum Gasteiger partial charge on any atom is -0.325 e. The fourth-order valence-electron chi connectivity index (χ4n) is 3.27. The molecule has 1 aliphatic rings. The van der Waals surface area contributed by atoms with Gasteiger partial charge in [0.2, 0.25) is 5.91 Å². The second-order valence-electron chi connectivity index (χ2n) is 6.49. The van der Waals surface area contributed by atoms with Crippen molar-refractivity contribution in [3.8, 4) is 0 Å². The molecule has 0 saturated carbocycles. The van der Waals surface area contributed by atoms with Crippen LogP contribution in [0, 0.1) is 0 Å². The van der Waals surface area contributed by atoms with Gasteiger partial charge in [0.1, 0.15) is 16.2 Å². The minimum atomic E-state index is -4.44. The summed E-state index contributed by atoms with van der Waals surface area (Å²) in [5, 5.41) is 4.31. The van der Waals surface area contributed by atoms with Crippen molar-refractivity contribution in [2.24, 2.45) is 0 Å². The van der Waals surface area contributed by atoms with Gasteiger partial charge < -0.3 is 5.32 Å². The number of nitrogens with one attached hydrogen (secondary N) is 1. The van der Waals surface area contributed by atoms with Crippen molar-refractivity contribution in [2.75, 3.05) is 11.1 Å². The normalized spacial score (nSPS) is 14.1. The number of amides is 1. The number of rotatable bonds is 4. The molecule has 28 heavy (non-hydrogen) atoms. The van der Waals surface area contributed by atoms with E-state index in [-0.39, 0.29) is 17.3 Å². The van der Waals surface area contributed by atoms with Crippen molar-refractivity contribution in [1.29, 1.82) is 0 Å². The predicted octanol–water partition coefficient (Wildman–Crippen LogP) is 5.32. The number of nitrogens with zero attached hydrogens (tertiary/aromatic N) is 2. The fraction of sp³-hybridized carbons (Fsp3) is 0.316. The van der Waals surface area contributed by atoms with Crippen LogP contribution in [-0.4, -0.2) is 21.6 Å². The number of thiophene rings is 1. The van der Waals surface area contributed by atoms with Gasteiger partial charge in [-0.1, -0.05) is 17.8 Å². The molecule has 9 heteroatoms. The molecule has 3 aromatic rings. The third-order valence-electron chi connectivity index (χ3n) is 4.53. The highest BCUT2D eigenvalue weighted by atomic mass is 32.2. The molecule has 0 atom stereocenters. The monoisotopic (exact) mass is 423 g/mol. The highest BCUT2D eigenvalue weighted by molar-refractivity contribution is 8.00. The number of carbonyl (C=O) groups is 1. The zero-order valence-electron chi connectivity index (χ0n) is 14.7. The zero-order valence-corrected chi connectivity index (χ0v) is 16.3. The van der Waals surface area contributed by atoms with Crippen molar-refractivity contribution in [3.05, 3.63) is 46.6 Å². The summed E-state index contributed by atoms with van der Waals surface area (Å²) in [4.78, 5) is 23.2. The molecule has 0 saturated heterocycles. The van der Waals surface area contributed by atoms with Crippen LogP contribution in [0.1, 0.15) is 28.8 Å². The molecule has 1 aliphatic carbocycles. The van der Waals surface area contributed by atoms with Crippen LogP contribution < -0.4 is 5.32 Å². The summed E-state index contributed by atoms with van der Waals surface area (Å²) in [5.74, 6) is -0.312. The molecule has 0 radical (unpaired) electrons. The van der Waals surface area contributed by atoms with Gasteiger partial charge >= 0.3 is 6.18 Å². The number of fused-ring (bicyclic) bond motifs is 3. The molecule has 146 valence electrons. The molecule has 0 fully saturated rings. The summed E-state index contributed by atoms with van der Waals surface area (Å²) >= 11 is 2.97. The number of hydrogen-bond acceptors (Lipinski definition) is 5. The lowest BCUT2D eigenvalue weighted by Crippen LogP contribution is -2.15. The van der Waals surface area contributed by atoms with E-state index in [1.807, 2.05) is 0 Å². The Labute approximate surface area is 167 Å². The summed E-state index contributed by atoms with van der Waals surface area (Å²) in [6.07, 6.45) is 1.41. The summed E-state index contributed by atoms with van der Waals surface area (Å²) < 4.78 is 38.4. The molecule has 1 amide bonds. The number of hydrogen-bond donors (Lipinski definition) is 1. The SMILES string of the molecule is O=C(CSc1ncnc2sc3c(c12)CCCC3)Nc1cccc(C(F)(F)F)c1. The first-order chi connectivity index (χ1) is 13.4. The third-order valence-corrected chi connectivity index (χ3v) is 6.72. The Balaban J connectivity index is 1.48. The Kier molecular flexibility index (Phi) is 5.29. The summed E-state index contributed by atoms with van der Waals surface area (Å²) in [6.45, 7) is 0. The number of thioether (sulfide) groups is 1. The lowest BCUT2D eigenvalue weighted by Gasteiger charge is -2.12. The van der Waals surface area contributed by atoms with Gasteiger partial charge in [-0.05, 0) is 49.4 Å². The van der Waals surface area contributed by atoms with Crippen LogP contribution in [0.3, 0.4) is 0 Å². The average Bonchev–Trinajstić information content (AvgIpc) is 3.05. The van der Waals surface area contributed by atoms with E-state index in [0.717, 1.165) is 46.6 Å². The van der Waals surface area contributed by atoms with E-state index in [2.05, 4.69) is 15.3 Å². The van der Waals surface area contributed by atoms with Crippen LogP contribution in [0.25, 0.3) is 10.2 Å². The number of halogens is 3. The van der Waals surface area contributed by atoms with Gasteiger partial charge in [-0.25, -0.2) is 9.97 Å². The van der Waals surface area contributed by atoms with Gasteiger partial charge in [0.25, 0.3) is 0 Å². The summed E-state index contributed by atoms with van der Waals surface area (Å²) in [7, 11) is 0. The molecule has 2 heterocycles. The lowest BCUT2D eigenvalue weighted by molar-refractivity contribution is -0.137. The summed E-state index contributed by atoms with van der Waals surface area (Å²) in [6, 6.07) is 4.62. The molecular formula is C19H16F3N3OS2. The van der Waals surface area contributed by atoms with Crippen LogP contribution in [0.5, 0.6) is 0 Å². The van der Waals surface area contributed by atoms with Gasteiger partial charge in [-0.3, -0.25) is 4.79 Å². The number of aryl methyl sites for hydroxylation is 2. The maximum atomic E-state index is 12.8. The van der Waals surface area contributed by atoms with E-state index >= 15 is 0 Å². The summed E-state index contributed by atoms with van der Waals surface area (Å²) in [5.41, 5.74) is 0.620. The maximum Gasteiger partial charge on any atom is 0.416 e. The van der Waals surface area contributed by atoms with Crippen molar-refractivity contribution in [3.63, 3.8) is 0 Å². The zero-order chi connectivity index (χ0) is 19.7. The maximum absolute atomic E-state index is 12.8. The molecule has 0 unspecified atom stereocenters. The Morgan fingerprint density at radius 2 is 2.04 bits per heavy atom. The average molecular weight is 423 g/mol. The molecule has 4 nitrogen and oxygen atoms in total. The Bertz CT molecular complexity index is 1030. The number of carbonyl (C=O) groups excluding carboxylic acids is 1. The molecule has 1 aromatic carbocycles. The third kappa shape index (κ3) is 4.00. The molecule has 2 aromatic heterocycles.